The monoisotopic (exact) mass is 241 g/mol. The molecule has 0 radical (unpaired) electrons. The summed E-state index contributed by atoms with van der Waals surface area (Å²) in [5.41, 5.74) is 0. The zero-order chi connectivity index (χ0) is 12.9. The molecule has 9 heteroatoms. The van der Waals surface area contributed by atoms with E-state index >= 15 is 0 Å². The summed E-state index contributed by atoms with van der Waals surface area (Å²) in [4.78, 5) is 10.1. The van der Waals surface area contributed by atoms with E-state index in [9.17, 15) is 15.0 Å². The van der Waals surface area contributed by atoms with Gasteiger partial charge in [-0.3, -0.25) is 5.32 Å². The third kappa shape index (κ3) is 4.26. The molecular formula is C7H15NO8. The van der Waals surface area contributed by atoms with Crippen LogP contribution < -0.4 is 5.32 Å². The highest BCUT2D eigenvalue weighted by Crippen LogP contribution is 2.07. The maximum Gasteiger partial charge on any atom is 0.406 e. The largest absolute Gasteiger partial charge is 0.465 e. The van der Waals surface area contributed by atoms with Crippen LogP contribution in [0.25, 0.3) is 0 Å². The highest BCUT2D eigenvalue weighted by molar-refractivity contribution is 5.64. The molecule has 1 amide bonds. The zero-order valence-corrected chi connectivity index (χ0v) is 8.13. The van der Waals surface area contributed by atoms with Crippen LogP contribution >= 0.6 is 0 Å². The van der Waals surface area contributed by atoms with Gasteiger partial charge in [-0.15, -0.1) is 0 Å². The lowest BCUT2D eigenvalue weighted by Gasteiger charge is -2.28. The number of amides is 1. The van der Waals surface area contributed by atoms with Crippen molar-refractivity contribution >= 4 is 6.09 Å². The van der Waals surface area contributed by atoms with Crippen LogP contribution in [-0.2, 0) is 0 Å². The lowest BCUT2D eigenvalue weighted by Crippen LogP contribution is -2.54. The van der Waals surface area contributed by atoms with Crippen LogP contribution in [0.15, 0.2) is 0 Å². The van der Waals surface area contributed by atoms with Gasteiger partial charge in [0.25, 0.3) is 0 Å². The van der Waals surface area contributed by atoms with E-state index < -0.39 is 43.3 Å². The van der Waals surface area contributed by atoms with Crippen LogP contribution in [0.1, 0.15) is 0 Å². The predicted octanol–water partition coefficient (Wildman–Crippen LogP) is -3.99. The number of carbonyl (C=O) groups is 1. The summed E-state index contributed by atoms with van der Waals surface area (Å²) in [6.07, 6.45) is -11.4. The van der Waals surface area contributed by atoms with Gasteiger partial charge < -0.3 is 35.7 Å². The molecule has 0 saturated carbocycles. The van der Waals surface area contributed by atoms with Crippen molar-refractivity contribution in [2.24, 2.45) is 0 Å². The molecule has 5 atom stereocenters. The molecule has 0 aromatic rings. The fraction of sp³-hybridized carbons (Fsp3) is 0.857. The Kier molecular flexibility index (Phi) is 6.18. The average Bonchev–Trinajstić information content (AvgIpc) is 2.23. The first-order valence-electron chi connectivity index (χ1n) is 4.32. The standard InChI is InChI=1S/C7H15NO8/c9-1-2(10)3(11)4(12)5(13)6(14)8-7(15)16/h2-6,8-14H,1H2,(H,15,16)/t2-,3-,4+,5+,6?/m1/s1. The van der Waals surface area contributed by atoms with E-state index in [0.717, 1.165) is 0 Å². The Hall–Kier alpha value is -0.970. The van der Waals surface area contributed by atoms with Crippen LogP contribution in [-0.4, -0.2) is 79.1 Å². The van der Waals surface area contributed by atoms with E-state index in [2.05, 4.69) is 0 Å². The second-order valence-electron chi connectivity index (χ2n) is 3.12. The van der Waals surface area contributed by atoms with E-state index in [0.29, 0.717) is 0 Å². The van der Waals surface area contributed by atoms with E-state index in [1.807, 2.05) is 0 Å². The molecule has 0 bridgehead atoms. The molecule has 16 heavy (non-hydrogen) atoms. The second-order valence-corrected chi connectivity index (χ2v) is 3.12. The number of rotatable bonds is 6. The number of aliphatic hydroxyl groups excluding tert-OH is 6. The van der Waals surface area contributed by atoms with Gasteiger partial charge in [-0.25, -0.2) is 4.79 Å². The van der Waals surface area contributed by atoms with Crippen LogP contribution in [0.5, 0.6) is 0 Å². The average molecular weight is 241 g/mol. The van der Waals surface area contributed by atoms with Crippen molar-refractivity contribution in [3.63, 3.8) is 0 Å². The Bertz CT molecular complexity index is 224. The van der Waals surface area contributed by atoms with E-state index in [4.69, 9.17) is 25.5 Å². The Morgan fingerprint density at radius 2 is 1.50 bits per heavy atom. The topological polar surface area (TPSA) is 171 Å². The number of aliphatic hydroxyl groups is 6. The predicted molar refractivity (Wildman–Crippen MR) is 48.3 cm³/mol. The van der Waals surface area contributed by atoms with E-state index in [1.165, 1.54) is 5.32 Å². The van der Waals surface area contributed by atoms with Gasteiger partial charge in [0.1, 0.15) is 24.4 Å². The normalized spacial score (nSPS) is 20.6. The van der Waals surface area contributed by atoms with Crippen LogP contribution in [0.3, 0.4) is 0 Å². The van der Waals surface area contributed by atoms with Gasteiger partial charge in [0.15, 0.2) is 6.23 Å². The van der Waals surface area contributed by atoms with Crippen molar-refractivity contribution in [1.82, 2.24) is 5.32 Å². The van der Waals surface area contributed by atoms with Gasteiger partial charge in [0, 0.05) is 0 Å². The first-order chi connectivity index (χ1) is 7.31. The lowest BCUT2D eigenvalue weighted by molar-refractivity contribution is -0.143. The van der Waals surface area contributed by atoms with Gasteiger partial charge in [-0.2, -0.15) is 0 Å². The maximum atomic E-state index is 10.1. The lowest BCUT2D eigenvalue weighted by atomic mass is 10.0. The molecule has 0 saturated heterocycles. The Labute approximate surface area is 90.2 Å². The minimum Gasteiger partial charge on any atom is -0.465 e. The van der Waals surface area contributed by atoms with Crippen molar-refractivity contribution in [2.75, 3.05) is 6.61 Å². The van der Waals surface area contributed by atoms with Crippen molar-refractivity contribution in [3.05, 3.63) is 0 Å². The summed E-state index contributed by atoms with van der Waals surface area (Å²) in [5.74, 6) is 0. The van der Waals surface area contributed by atoms with E-state index in [-0.39, 0.29) is 0 Å². The quantitative estimate of drug-likeness (QED) is 0.217. The van der Waals surface area contributed by atoms with Crippen LogP contribution in [0.4, 0.5) is 4.79 Å². The summed E-state index contributed by atoms with van der Waals surface area (Å²) in [6, 6.07) is 0. The molecule has 0 aliphatic rings. The number of carboxylic acid groups (broad SMARTS) is 1. The van der Waals surface area contributed by atoms with Gasteiger partial charge in [0.2, 0.25) is 0 Å². The fourth-order valence-corrected chi connectivity index (χ4v) is 0.936. The Morgan fingerprint density at radius 3 is 1.88 bits per heavy atom. The summed E-state index contributed by atoms with van der Waals surface area (Å²) < 4.78 is 0. The second kappa shape index (κ2) is 6.58. The number of hydrogen-bond donors (Lipinski definition) is 8. The molecule has 0 fully saturated rings. The molecule has 8 N–H and O–H groups in total. The minimum atomic E-state index is -2.05. The minimum absolute atomic E-state index is 0.868. The van der Waals surface area contributed by atoms with Gasteiger partial charge in [-0.1, -0.05) is 0 Å². The first kappa shape index (κ1) is 15.0. The van der Waals surface area contributed by atoms with Crippen molar-refractivity contribution in [2.45, 2.75) is 30.6 Å². The van der Waals surface area contributed by atoms with Crippen LogP contribution in [0.2, 0.25) is 0 Å². The summed E-state index contributed by atoms with van der Waals surface area (Å²) >= 11 is 0. The summed E-state index contributed by atoms with van der Waals surface area (Å²) in [5, 5.41) is 63.5. The van der Waals surface area contributed by atoms with Gasteiger partial charge in [0.05, 0.1) is 6.61 Å². The molecule has 0 heterocycles. The molecule has 0 aromatic heterocycles. The third-order valence-corrected chi connectivity index (χ3v) is 1.88. The van der Waals surface area contributed by atoms with Crippen molar-refractivity contribution in [3.8, 4) is 0 Å². The highest BCUT2D eigenvalue weighted by Gasteiger charge is 2.34. The first-order valence-corrected chi connectivity index (χ1v) is 4.32. The van der Waals surface area contributed by atoms with Crippen LogP contribution in [0, 0.1) is 0 Å². The van der Waals surface area contributed by atoms with E-state index in [1.54, 1.807) is 0 Å². The molecule has 96 valence electrons. The molecule has 1 unspecified atom stereocenters. The molecule has 0 aliphatic carbocycles. The molecule has 9 nitrogen and oxygen atoms in total. The summed E-state index contributed by atoms with van der Waals surface area (Å²) in [7, 11) is 0. The Morgan fingerprint density at radius 1 is 1.00 bits per heavy atom. The number of hydrogen-bond acceptors (Lipinski definition) is 7. The molecule has 0 rings (SSSR count). The third-order valence-electron chi connectivity index (χ3n) is 1.88. The SMILES string of the molecule is O=C(O)NC(O)[C@@H](O)[C@@H](O)[C@H](O)[C@H](O)CO. The van der Waals surface area contributed by atoms with Crippen molar-refractivity contribution in [1.29, 1.82) is 0 Å². The fourth-order valence-electron chi connectivity index (χ4n) is 0.936. The molecule has 0 aliphatic heterocycles. The molecule has 0 spiro atoms. The van der Waals surface area contributed by atoms with Crippen molar-refractivity contribution < 1.29 is 40.5 Å². The summed E-state index contributed by atoms with van der Waals surface area (Å²) in [6.45, 7) is -0.868. The maximum absolute atomic E-state index is 10.1. The van der Waals surface area contributed by atoms with Gasteiger partial charge >= 0.3 is 6.09 Å². The smallest absolute Gasteiger partial charge is 0.406 e. The Balaban J connectivity index is 4.35. The zero-order valence-electron chi connectivity index (χ0n) is 8.13. The molecule has 0 aromatic carbocycles. The van der Waals surface area contributed by atoms with Gasteiger partial charge in [-0.05, 0) is 0 Å². The highest BCUT2D eigenvalue weighted by atomic mass is 16.4. The number of nitrogens with one attached hydrogen (secondary N) is 1. The molecular weight excluding hydrogens is 226 g/mol.